The standard InChI is InChI=1S/C12H18NO3.CHF3O3S/c1-13(2,3)10-7-12(16-5)11(15-4)6-9(10)8-14;2-1(3,4)8(5,6)7/h6-8H,1-5H3;(H,5,6,7)/q+1;/p-1. The van der Waals surface area contributed by atoms with Crippen molar-refractivity contribution < 1.29 is 40.4 Å². The average Bonchev–Trinajstić information content (AvgIpc) is 2.43. The van der Waals surface area contributed by atoms with Crippen LogP contribution in [-0.4, -0.2) is 60.1 Å². The van der Waals surface area contributed by atoms with Gasteiger partial charge in [0, 0.05) is 12.1 Å². The third-order valence-corrected chi connectivity index (χ3v) is 3.23. The number of carbonyl (C=O) groups excluding carboxylic acids is 1. The molecule has 0 bridgehead atoms. The molecule has 11 heteroatoms. The average molecular weight is 373 g/mol. The van der Waals surface area contributed by atoms with Crippen LogP contribution < -0.4 is 14.0 Å². The molecule has 0 saturated heterocycles. The summed E-state index contributed by atoms with van der Waals surface area (Å²) in [5.74, 6) is 1.21. The van der Waals surface area contributed by atoms with E-state index in [-0.39, 0.29) is 0 Å². The number of nitrogens with zero attached hydrogens (tertiary/aromatic N) is 1. The van der Waals surface area contributed by atoms with Crippen LogP contribution in [0.15, 0.2) is 12.1 Å². The van der Waals surface area contributed by atoms with Gasteiger partial charge in [-0.25, -0.2) is 8.42 Å². The molecule has 0 atom stereocenters. The van der Waals surface area contributed by atoms with Crippen molar-refractivity contribution in [2.24, 2.45) is 0 Å². The van der Waals surface area contributed by atoms with Crippen LogP contribution in [0, 0.1) is 0 Å². The lowest BCUT2D eigenvalue weighted by Crippen LogP contribution is -2.35. The summed E-state index contributed by atoms with van der Waals surface area (Å²) in [6.45, 7) is 0. The smallest absolute Gasteiger partial charge is 0.485 e. The summed E-state index contributed by atoms with van der Waals surface area (Å²) < 4.78 is 69.8. The summed E-state index contributed by atoms with van der Waals surface area (Å²) in [5.41, 5.74) is -4.13. The Bertz CT molecular complexity index is 680. The number of methoxy groups -OCH3 is 2. The molecule has 0 heterocycles. The highest BCUT2D eigenvalue weighted by Gasteiger charge is 2.36. The molecule has 0 N–H and O–H groups in total. The molecule has 1 aromatic carbocycles. The van der Waals surface area contributed by atoms with E-state index in [1.807, 2.05) is 27.2 Å². The molecule has 0 fully saturated rings. The van der Waals surface area contributed by atoms with Gasteiger partial charge in [0.25, 0.3) is 0 Å². The highest BCUT2D eigenvalue weighted by atomic mass is 32.2. The van der Waals surface area contributed by atoms with Crippen molar-refractivity contribution in [2.45, 2.75) is 5.51 Å². The van der Waals surface area contributed by atoms with Crippen LogP contribution in [0.1, 0.15) is 10.4 Å². The van der Waals surface area contributed by atoms with Crippen LogP contribution in [0.2, 0.25) is 0 Å². The van der Waals surface area contributed by atoms with Crippen molar-refractivity contribution in [2.75, 3.05) is 35.4 Å². The minimum absolute atomic E-state index is 0.550. The van der Waals surface area contributed by atoms with Crippen molar-refractivity contribution in [3.05, 3.63) is 17.7 Å². The number of ether oxygens (including phenoxy) is 2. The van der Waals surface area contributed by atoms with E-state index in [9.17, 15) is 18.0 Å². The van der Waals surface area contributed by atoms with Gasteiger partial charge in [0.1, 0.15) is 5.69 Å². The molecule has 1 rings (SSSR count). The van der Waals surface area contributed by atoms with Gasteiger partial charge < -0.3 is 14.0 Å². The molecule has 0 spiro atoms. The Kier molecular flexibility index (Phi) is 7.21. The fourth-order valence-corrected chi connectivity index (χ4v) is 1.56. The zero-order chi connectivity index (χ0) is 19.3. The van der Waals surface area contributed by atoms with E-state index in [4.69, 9.17) is 22.4 Å². The van der Waals surface area contributed by atoms with Crippen LogP contribution in [0.4, 0.5) is 18.9 Å². The zero-order valence-corrected chi connectivity index (χ0v) is 14.5. The van der Waals surface area contributed by atoms with Crippen LogP contribution in [0.25, 0.3) is 0 Å². The lowest BCUT2D eigenvalue weighted by atomic mass is 10.1. The maximum Gasteiger partial charge on any atom is 0.485 e. The SMILES string of the molecule is COc1cc(C=O)c([N+](C)(C)C)cc1OC.O=S(=O)([O-])C(F)(F)F. The van der Waals surface area contributed by atoms with E-state index in [0.717, 1.165) is 12.0 Å². The third-order valence-electron chi connectivity index (χ3n) is 2.67. The van der Waals surface area contributed by atoms with Gasteiger partial charge in [-0.2, -0.15) is 13.2 Å². The van der Waals surface area contributed by atoms with Crippen LogP contribution in [-0.2, 0) is 10.1 Å². The van der Waals surface area contributed by atoms with Gasteiger partial charge in [-0.15, -0.1) is 0 Å². The Morgan fingerprint density at radius 2 is 1.46 bits per heavy atom. The van der Waals surface area contributed by atoms with Gasteiger partial charge in [-0.05, 0) is 0 Å². The quantitative estimate of drug-likeness (QED) is 0.346. The van der Waals surface area contributed by atoms with Crippen molar-refractivity contribution in [3.8, 4) is 11.5 Å². The highest BCUT2D eigenvalue weighted by Crippen LogP contribution is 2.35. The monoisotopic (exact) mass is 373 g/mol. The van der Waals surface area contributed by atoms with Gasteiger partial charge in [-0.3, -0.25) is 9.28 Å². The lowest BCUT2D eigenvalue weighted by Gasteiger charge is -2.25. The highest BCUT2D eigenvalue weighted by molar-refractivity contribution is 7.86. The number of hydrogen-bond acceptors (Lipinski definition) is 6. The summed E-state index contributed by atoms with van der Waals surface area (Å²) in [6, 6.07) is 3.53. The molecule has 138 valence electrons. The number of carbonyl (C=O) groups is 1. The Morgan fingerprint density at radius 3 is 1.71 bits per heavy atom. The zero-order valence-electron chi connectivity index (χ0n) is 13.7. The maximum absolute atomic E-state index is 11.0. The molecular formula is C13H18F3NO6S. The summed E-state index contributed by atoms with van der Waals surface area (Å²) in [5, 5.41) is 0. The van der Waals surface area contributed by atoms with Crippen molar-refractivity contribution in [3.63, 3.8) is 0 Å². The number of benzene rings is 1. The fraction of sp³-hybridized carbons (Fsp3) is 0.462. The van der Waals surface area contributed by atoms with Gasteiger partial charge in [0.05, 0.1) is 40.9 Å². The van der Waals surface area contributed by atoms with E-state index in [1.54, 1.807) is 20.3 Å². The largest absolute Gasteiger partial charge is 0.741 e. The van der Waals surface area contributed by atoms with Gasteiger partial charge >= 0.3 is 5.51 Å². The molecule has 0 amide bonds. The summed E-state index contributed by atoms with van der Waals surface area (Å²) in [4.78, 5) is 11.0. The number of alkyl halides is 3. The number of rotatable bonds is 4. The van der Waals surface area contributed by atoms with Crippen LogP contribution in [0.3, 0.4) is 0 Å². The number of hydrogen-bond donors (Lipinski definition) is 0. The molecule has 0 radical (unpaired) electrons. The second-order valence-electron chi connectivity index (χ2n) is 5.30. The molecule has 0 aromatic heterocycles. The Balaban J connectivity index is 0.000000561. The number of quaternary nitrogens is 1. The first-order valence-corrected chi connectivity index (χ1v) is 7.65. The van der Waals surface area contributed by atoms with Crippen LogP contribution >= 0.6 is 0 Å². The summed E-state index contributed by atoms with van der Waals surface area (Å²) in [6.07, 6.45) is 0.834. The molecule has 0 aliphatic heterocycles. The minimum atomic E-state index is -6.09. The van der Waals surface area contributed by atoms with Crippen molar-refractivity contribution >= 4 is 22.1 Å². The van der Waals surface area contributed by atoms with E-state index in [2.05, 4.69) is 0 Å². The maximum atomic E-state index is 11.0. The molecule has 24 heavy (non-hydrogen) atoms. The molecular weight excluding hydrogens is 355 g/mol. The van der Waals surface area contributed by atoms with E-state index >= 15 is 0 Å². The molecule has 1 aromatic rings. The first kappa shape index (κ1) is 22.1. The Labute approximate surface area is 137 Å². The molecule has 0 unspecified atom stereocenters. The summed E-state index contributed by atoms with van der Waals surface area (Å²) in [7, 11) is 3.03. The molecule has 7 nitrogen and oxygen atoms in total. The van der Waals surface area contributed by atoms with E-state index < -0.39 is 15.6 Å². The number of aldehydes is 1. The first-order chi connectivity index (χ1) is 10.7. The topological polar surface area (TPSA) is 92.7 Å². The van der Waals surface area contributed by atoms with E-state index in [0.29, 0.717) is 21.5 Å². The Hall–Kier alpha value is -1.85. The third kappa shape index (κ3) is 5.98. The molecule has 0 saturated carbocycles. The van der Waals surface area contributed by atoms with Gasteiger partial charge in [-0.1, -0.05) is 0 Å². The van der Waals surface area contributed by atoms with E-state index in [1.165, 1.54) is 0 Å². The van der Waals surface area contributed by atoms with Gasteiger partial charge in [0.15, 0.2) is 27.9 Å². The predicted molar refractivity (Wildman–Crippen MR) is 80.3 cm³/mol. The second-order valence-corrected chi connectivity index (χ2v) is 6.67. The molecule has 0 aliphatic rings. The first-order valence-electron chi connectivity index (χ1n) is 6.24. The van der Waals surface area contributed by atoms with Crippen molar-refractivity contribution in [1.82, 2.24) is 4.48 Å². The van der Waals surface area contributed by atoms with Crippen molar-refractivity contribution in [1.29, 1.82) is 0 Å². The second kappa shape index (κ2) is 7.81. The fourth-order valence-electron chi connectivity index (χ4n) is 1.56. The minimum Gasteiger partial charge on any atom is -0.741 e. The number of halogens is 3. The lowest BCUT2D eigenvalue weighted by molar-refractivity contribution is -0.0517. The van der Waals surface area contributed by atoms with Crippen LogP contribution in [0.5, 0.6) is 11.5 Å². The molecule has 0 aliphatic carbocycles. The van der Waals surface area contributed by atoms with Gasteiger partial charge in [0.2, 0.25) is 0 Å². The predicted octanol–water partition coefficient (Wildman–Crippen LogP) is 1.76. The normalized spacial score (nSPS) is 12.0. The Morgan fingerprint density at radius 1 is 1.08 bits per heavy atom. The summed E-state index contributed by atoms with van der Waals surface area (Å²) >= 11 is 0.